The number of carbonyl (C=O) groups excluding carboxylic acids is 1. The highest BCUT2D eigenvalue weighted by Crippen LogP contribution is 2.20. The fourth-order valence-electron chi connectivity index (χ4n) is 2.01. The first-order chi connectivity index (χ1) is 8.39. The number of likely N-dealkylation sites (tertiary alicyclic amines) is 1. The third-order valence-electron chi connectivity index (χ3n) is 2.87. The van der Waals surface area contributed by atoms with E-state index in [2.05, 4.69) is 0 Å². The summed E-state index contributed by atoms with van der Waals surface area (Å²) in [6, 6.07) is 2.91. The van der Waals surface area contributed by atoms with Crippen LogP contribution in [0.15, 0.2) is 23.1 Å². The van der Waals surface area contributed by atoms with Crippen molar-refractivity contribution >= 4 is 15.9 Å². The number of hydrogen-bond donors (Lipinski definition) is 1. The van der Waals surface area contributed by atoms with Gasteiger partial charge in [0, 0.05) is 13.1 Å². The van der Waals surface area contributed by atoms with E-state index < -0.39 is 21.7 Å². The number of rotatable bonds is 2. The van der Waals surface area contributed by atoms with Crippen LogP contribution in [0, 0.1) is 5.82 Å². The minimum atomic E-state index is -4.04. The van der Waals surface area contributed by atoms with Gasteiger partial charge in [-0.05, 0) is 31.0 Å². The average Bonchev–Trinajstić information content (AvgIpc) is 2.79. The minimum Gasteiger partial charge on any atom is -0.339 e. The second-order valence-corrected chi connectivity index (χ2v) is 5.71. The van der Waals surface area contributed by atoms with E-state index in [0.29, 0.717) is 13.1 Å². The van der Waals surface area contributed by atoms with Gasteiger partial charge in [-0.15, -0.1) is 0 Å². The Morgan fingerprint density at radius 1 is 1.28 bits per heavy atom. The largest absolute Gasteiger partial charge is 0.339 e. The predicted molar refractivity (Wildman–Crippen MR) is 62.9 cm³/mol. The Bertz CT molecular complexity index is 580. The summed E-state index contributed by atoms with van der Waals surface area (Å²) in [5.41, 5.74) is -0.195. The molecule has 0 saturated carbocycles. The van der Waals surface area contributed by atoms with Crippen LogP contribution in [0.2, 0.25) is 0 Å². The maximum Gasteiger partial charge on any atom is 0.255 e. The number of sulfonamides is 1. The molecule has 1 aromatic rings. The molecule has 1 fully saturated rings. The van der Waals surface area contributed by atoms with Crippen molar-refractivity contribution in [2.45, 2.75) is 17.7 Å². The second kappa shape index (κ2) is 4.66. The van der Waals surface area contributed by atoms with Crippen molar-refractivity contribution in [3.05, 3.63) is 29.6 Å². The van der Waals surface area contributed by atoms with Gasteiger partial charge in [0.15, 0.2) is 0 Å². The van der Waals surface area contributed by atoms with Crippen LogP contribution in [0.4, 0.5) is 4.39 Å². The molecule has 1 aromatic carbocycles. The standard InChI is InChI=1S/C11H13FN2O3S/c12-8-3-4-10(18(13,16)17)9(7-8)11(15)14-5-1-2-6-14/h3-4,7H,1-2,5-6H2,(H2,13,16,17). The zero-order valence-electron chi connectivity index (χ0n) is 9.60. The summed E-state index contributed by atoms with van der Waals surface area (Å²) in [6.45, 7) is 1.11. The summed E-state index contributed by atoms with van der Waals surface area (Å²) in [4.78, 5) is 13.3. The molecule has 2 rings (SSSR count). The summed E-state index contributed by atoms with van der Waals surface area (Å²) >= 11 is 0. The zero-order chi connectivity index (χ0) is 13.3. The van der Waals surface area contributed by atoms with E-state index in [-0.39, 0.29) is 10.5 Å². The Kier molecular flexibility index (Phi) is 3.36. The van der Waals surface area contributed by atoms with Crippen LogP contribution >= 0.6 is 0 Å². The molecule has 1 saturated heterocycles. The van der Waals surface area contributed by atoms with Gasteiger partial charge in [0.05, 0.1) is 10.5 Å². The van der Waals surface area contributed by atoms with Crippen LogP contribution < -0.4 is 5.14 Å². The molecule has 0 bridgehead atoms. The molecule has 1 aliphatic heterocycles. The Labute approximate surface area is 104 Å². The molecule has 0 spiro atoms. The minimum absolute atomic E-state index is 0.195. The summed E-state index contributed by atoms with van der Waals surface area (Å²) in [6.07, 6.45) is 1.73. The van der Waals surface area contributed by atoms with Gasteiger partial charge in [-0.1, -0.05) is 0 Å². The van der Waals surface area contributed by atoms with E-state index in [1.165, 1.54) is 4.90 Å². The van der Waals surface area contributed by atoms with E-state index in [4.69, 9.17) is 5.14 Å². The summed E-state index contributed by atoms with van der Waals surface area (Å²) < 4.78 is 35.9. The maximum atomic E-state index is 13.2. The lowest BCUT2D eigenvalue weighted by atomic mass is 10.2. The van der Waals surface area contributed by atoms with E-state index >= 15 is 0 Å². The maximum absolute atomic E-state index is 13.2. The smallest absolute Gasteiger partial charge is 0.255 e. The van der Waals surface area contributed by atoms with Crippen LogP contribution in [0.5, 0.6) is 0 Å². The molecule has 0 radical (unpaired) electrons. The SMILES string of the molecule is NS(=O)(=O)c1ccc(F)cc1C(=O)N1CCCC1. The van der Waals surface area contributed by atoms with Crippen molar-refractivity contribution in [1.29, 1.82) is 0 Å². The van der Waals surface area contributed by atoms with E-state index in [9.17, 15) is 17.6 Å². The van der Waals surface area contributed by atoms with Crippen LogP contribution in [0.1, 0.15) is 23.2 Å². The number of primary sulfonamides is 1. The normalized spacial score (nSPS) is 16.0. The fraction of sp³-hybridized carbons (Fsp3) is 0.364. The molecule has 1 amide bonds. The van der Waals surface area contributed by atoms with Crippen LogP contribution in [-0.4, -0.2) is 32.3 Å². The first-order valence-electron chi connectivity index (χ1n) is 5.51. The number of nitrogens with two attached hydrogens (primary N) is 1. The van der Waals surface area contributed by atoms with Crippen molar-refractivity contribution in [1.82, 2.24) is 4.90 Å². The van der Waals surface area contributed by atoms with Gasteiger partial charge in [-0.25, -0.2) is 17.9 Å². The third-order valence-corrected chi connectivity index (χ3v) is 3.84. The molecule has 5 nitrogen and oxygen atoms in total. The average molecular weight is 272 g/mol. The highest BCUT2D eigenvalue weighted by Gasteiger charge is 2.25. The fourth-order valence-corrected chi connectivity index (χ4v) is 2.72. The number of benzene rings is 1. The molecule has 98 valence electrons. The second-order valence-electron chi connectivity index (χ2n) is 4.18. The van der Waals surface area contributed by atoms with Crippen molar-refractivity contribution in [2.75, 3.05) is 13.1 Å². The molecule has 0 unspecified atom stereocenters. The van der Waals surface area contributed by atoms with Gasteiger partial charge < -0.3 is 4.90 Å². The molecule has 1 aliphatic rings. The molecule has 7 heteroatoms. The summed E-state index contributed by atoms with van der Waals surface area (Å²) in [5.74, 6) is -1.15. The summed E-state index contributed by atoms with van der Waals surface area (Å²) in [5, 5.41) is 5.02. The topological polar surface area (TPSA) is 80.5 Å². The van der Waals surface area contributed by atoms with Gasteiger partial charge in [0.2, 0.25) is 10.0 Å². The first-order valence-corrected chi connectivity index (χ1v) is 7.06. The quantitative estimate of drug-likeness (QED) is 0.861. The van der Waals surface area contributed by atoms with Crippen molar-refractivity contribution < 1.29 is 17.6 Å². The van der Waals surface area contributed by atoms with Crippen molar-refractivity contribution in [3.8, 4) is 0 Å². The molecule has 0 atom stereocenters. The lowest BCUT2D eigenvalue weighted by Crippen LogP contribution is -2.30. The predicted octanol–water partition coefficient (Wildman–Crippen LogP) is 0.709. The van der Waals surface area contributed by atoms with Crippen LogP contribution in [0.25, 0.3) is 0 Å². The lowest BCUT2D eigenvalue weighted by molar-refractivity contribution is 0.0788. The van der Waals surface area contributed by atoms with Crippen LogP contribution in [0.3, 0.4) is 0 Å². The van der Waals surface area contributed by atoms with Gasteiger partial charge in [-0.2, -0.15) is 0 Å². The molecular weight excluding hydrogens is 259 g/mol. The number of hydrogen-bond acceptors (Lipinski definition) is 3. The van der Waals surface area contributed by atoms with Gasteiger partial charge in [0.1, 0.15) is 5.82 Å². The van der Waals surface area contributed by atoms with Crippen molar-refractivity contribution in [3.63, 3.8) is 0 Å². The van der Waals surface area contributed by atoms with Crippen LogP contribution in [-0.2, 0) is 10.0 Å². The Morgan fingerprint density at radius 3 is 2.44 bits per heavy atom. The number of halogens is 1. The first kappa shape index (κ1) is 13.0. The van der Waals surface area contributed by atoms with E-state index in [0.717, 1.165) is 31.0 Å². The summed E-state index contributed by atoms with van der Waals surface area (Å²) in [7, 11) is -4.04. The highest BCUT2D eigenvalue weighted by atomic mass is 32.2. The molecule has 0 aromatic heterocycles. The van der Waals surface area contributed by atoms with E-state index in [1.54, 1.807) is 0 Å². The number of carbonyl (C=O) groups is 1. The molecule has 0 aliphatic carbocycles. The number of amides is 1. The van der Waals surface area contributed by atoms with Gasteiger partial charge in [0.25, 0.3) is 5.91 Å². The Balaban J connectivity index is 2.48. The number of nitrogens with zero attached hydrogens (tertiary/aromatic N) is 1. The highest BCUT2D eigenvalue weighted by molar-refractivity contribution is 7.89. The molecule has 1 heterocycles. The Morgan fingerprint density at radius 2 is 1.89 bits per heavy atom. The molecular formula is C11H13FN2O3S. The lowest BCUT2D eigenvalue weighted by Gasteiger charge is -2.16. The molecule has 18 heavy (non-hydrogen) atoms. The monoisotopic (exact) mass is 272 g/mol. The zero-order valence-corrected chi connectivity index (χ0v) is 10.4. The van der Waals surface area contributed by atoms with Gasteiger partial charge >= 0.3 is 0 Å². The van der Waals surface area contributed by atoms with Crippen molar-refractivity contribution in [2.24, 2.45) is 5.14 Å². The third kappa shape index (κ3) is 2.51. The van der Waals surface area contributed by atoms with E-state index in [1.807, 2.05) is 0 Å². The Hall–Kier alpha value is -1.47. The molecule has 2 N–H and O–H groups in total. The van der Waals surface area contributed by atoms with Gasteiger partial charge in [-0.3, -0.25) is 4.79 Å².